The van der Waals surface area contributed by atoms with Crippen LogP contribution in [0.3, 0.4) is 0 Å². The van der Waals surface area contributed by atoms with E-state index in [4.69, 9.17) is 23.2 Å². The van der Waals surface area contributed by atoms with Crippen LogP contribution in [-0.4, -0.2) is 9.97 Å². The third kappa shape index (κ3) is 5.57. The molecule has 0 N–H and O–H groups in total. The molecule has 2 nitrogen and oxygen atoms in total. The molecule has 1 fully saturated rings. The van der Waals surface area contributed by atoms with Crippen molar-refractivity contribution in [1.82, 2.24) is 9.97 Å². The minimum atomic E-state index is 0.422. The van der Waals surface area contributed by atoms with Crippen LogP contribution in [0, 0.1) is 0 Å². The Balaban J connectivity index is 2.00. The van der Waals surface area contributed by atoms with E-state index in [9.17, 15) is 0 Å². The molecule has 1 aromatic rings. The minimum absolute atomic E-state index is 0.422. The van der Waals surface area contributed by atoms with Gasteiger partial charge in [-0.3, -0.25) is 0 Å². The number of nitrogens with zero attached hydrogens (tertiary/aromatic N) is 2. The summed E-state index contributed by atoms with van der Waals surface area (Å²) >= 11 is 12.0. The summed E-state index contributed by atoms with van der Waals surface area (Å²) in [5.41, 5.74) is 0. The van der Waals surface area contributed by atoms with Gasteiger partial charge in [-0.2, -0.15) is 0 Å². The first kappa shape index (κ1) is 16.0. The van der Waals surface area contributed by atoms with Crippen LogP contribution < -0.4 is 0 Å². The Labute approximate surface area is 132 Å². The lowest BCUT2D eigenvalue weighted by Gasteiger charge is -2.17. The van der Waals surface area contributed by atoms with Crippen LogP contribution in [0.1, 0.15) is 82.4 Å². The molecule has 0 amide bonds. The first-order chi connectivity index (χ1) is 9.75. The molecule has 0 saturated heterocycles. The summed E-state index contributed by atoms with van der Waals surface area (Å²) in [7, 11) is 0. The lowest BCUT2D eigenvalue weighted by atomic mass is 9.92. The summed E-state index contributed by atoms with van der Waals surface area (Å²) in [6, 6.07) is 1.61. The Morgan fingerprint density at radius 1 is 0.700 bits per heavy atom. The highest BCUT2D eigenvalue weighted by Crippen LogP contribution is 2.29. The second-order valence-electron chi connectivity index (χ2n) is 5.83. The summed E-state index contributed by atoms with van der Waals surface area (Å²) in [5.74, 6) is 1.27. The first-order valence-corrected chi connectivity index (χ1v) is 8.71. The first-order valence-electron chi connectivity index (χ1n) is 7.95. The van der Waals surface area contributed by atoms with Crippen LogP contribution in [0.25, 0.3) is 0 Å². The van der Waals surface area contributed by atoms with Crippen LogP contribution in [0.15, 0.2) is 6.07 Å². The quantitative estimate of drug-likeness (QED) is 0.579. The SMILES string of the molecule is Clc1cc(Cl)nc(C2CCCCCCCCCCC2)n1. The number of hydrogen-bond donors (Lipinski definition) is 0. The van der Waals surface area contributed by atoms with Crippen molar-refractivity contribution in [3.05, 3.63) is 22.2 Å². The van der Waals surface area contributed by atoms with E-state index in [1.807, 2.05) is 0 Å². The van der Waals surface area contributed by atoms with Gasteiger partial charge in [-0.25, -0.2) is 9.97 Å². The van der Waals surface area contributed by atoms with Gasteiger partial charge in [0.1, 0.15) is 16.1 Å². The predicted molar refractivity (Wildman–Crippen MR) is 85.6 cm³/mol. The highest BCUT2D eigenvalue weighted by molar-refractivity contribution is 6.33. The fourth-order valence-electron chi connectivity index (χ4n) is 3.01. The van der Waals surface area contributed by atoms with E-state index in [1.165, 1.54) is 57.8 Å². The van der Waals surface area contributed by atoms with E-state index >= 15 is 0 Å². The topological polar surface area (TPSA) is 25.8 Å². The third-order valence-electron chi connectivity index (χ3n) is 4.15. The summed E-state index contributed by atoms with van der Waals surface area (Å²) < 4.78 is 0. The molecule has 112 valence electrons. The molecule has 1 aromatic heterocycles. The normalized spacial score (nSPS) is 20.1. The molecule has 0 aromatic carbocycles. The molecular formula is C16H24Cl2N2. The zero-order valence-corrected chi connectivity index (χ0v) is 13.6. The molecule has 0 aliphatic heterocycles. The molecule has 1 heterocycles. The zero-order valence-electron chi connectivity index (χ0n) is 12.1. The lowest BCUT2D eigenvalue weighted by molar-refractivity contribution is 0.455. The highest BCUT2D eigenvalue weighted by Gasteiger charge is 2.16. The van der Waals surface area contributed by atoms with Crippen molar-refractivity contribution in [2.45, 2.75) is 76.5 Å². The summed E-state index contributed by atoms with van der Waals surface area (Å²) in [5, 5.41) is 0.928. The molecule has 2 rings (SSSR count). The average molecular weight is 315 g/mol. The van der Waals surface area contributed by atoms with Gasteiger partial charge in [0.15, 0.2) is 0 Å². The molecule has 0 radical (unpaired) electrons. The Kier molecular flexibility index (Phi) is 7.09. The molecule has 1 aliphatic carbocycles. The summed E-state index contributed by atoms with van der Waals surface area (Å²) in [6.45, 7) is 0. The van der Waals surface area contributed by atoms with Crippen molar-refractivity contribution in [1.29, 1.82) is 0 Å². The van der Waals surface area contributed by atoms with Gasteiger partial charge in [0.2, 0.25) is 0 Å². The largest absolute Gasteiger partial charge is 0.221 e. The smallest absolute Gasteiger partial charge is 0.134 e. The van der Waals surface area contributed by atoms with Crippen LogP contribution in [0.4, 0.5) is 0 Å². The Morgan fingerprint density at radius 3 is 1.55 bits per heavy atom. The molecule has 20 heavy (non-hydrogen) atoms. The second-order valence-corrected chi connectivity index (χ2v) is 6.60. The molecule has 1 aliphatic rings. The van der Waals surface area contributed by atoms with Gasteiger partial charge in [0.05, 0.1) is 0 Å². The Bertz CT molecular complexity index is 377. The van der Waals surface area contributed by atoms with Gasteiger partial charge in [-0.05, 0) is 12.8 Å². The molecule has 1 saturated carbocycles. The standard InChI is InChI=1S/C16H24Cl2N2/c17-14-12-15(18)20-16(19-14)13-10-8-6-4-2-1-3-5-7-9-11-13/h12-13H,1-11H2. The molecule has 0 atom stereocenters. The minimum Gasteiger partial charge on any atom is -0.221 e. The van der Waals surface area contributed by atoms with Crippen molar-refractivity contribution in [3.63, 3.8) is 0 Å². The van der Waals surface area contributed by atoms with E-state index in [1.54, 1.807) is 6.07 Å². The van der Waals surface area contributed by atoms with Gasteiger partial charge in [-0.15, -0.1) is 0 Å². The Morgan fingerprint density at radius 2 is 1.10 bits per heavy atom. The van der Waals surface area contributed by atoms with Crippen molar-refractivity contribution in [2.24, 2.45) is 0 Å². The monoisotopic (exact) mass is 314 g/mol. The van der Waals surface area contributed by atoms with Crippen molar-refractivity contribution in [3.8, 4) is 0 Å². The third-order valence-corrected chi connectivity index (χ3v) is 4.54. The number of halogens is 2. The van der Waals surface area contributed by atoms with Gasteiger partial charge in [0, 0.05) is 12.0 Å². The van der Waals surface area contributed by atoms with Gasteiger partial charge in [0.25, 0.3) is 0 Å². The molecule has 0 unspecified atom stereocenters. The van der Waals surface area contributed by atoms with Crippen LogP contribution in [-0.2, 0) is 0 Å². The van der Waals surface area contributed by atoms with Crippen molar-refractivity contribution < 1.29 is 0 Å². The zero-order chi connectivity index (χ0) is 14.2. The number of hydrogen-bond acceptors (Lipinski definition) is 2. The van der Waals surface area contributed by atoms with E-state index in [2.05, 4.69) is 9.97 Å². The maximum atomic E-state index is 6.01. The summed E-state index contributed by atoms with van der Waals surface area (Å²) in [4.78, 5) is 8.79. The van der Waals surface area contributed by atoms with E-state index < -0.39 is 0 Å². The van der Waals surface area contributed by atoms with Gasteiger partial charge < -0.3 is 0 Å². The van der Waals surface area contributed by atoms with Crippen LogP contribution in [0.5, 0.6) is 0 Å². The van der Waals surface area contributed by atoms with Crippen molar-refractivity contribution >= 4 is 23.2 Å². The molecule has 0 bridgehead atoms. The maximum absolute atomic E-state index is 6.01. The maximum Gasteiger partial charge on any atom is 0.134 e. The molecule has 4 heteroatoms. The lowest BCUT2D eigenvalue weighted by Crippen LogP contribution is -2.06. The van der Waals surface area contributed by atoms with Crippen LogP contribution >= 0.6 is 23.2 Å². The predicted octanol–water partition coefficient (Wildman–Crippen LogP) is 6.17. The van der Waals surface area contributed by atoms with E-state index in [0.717, 1.165) is 18.7 Å². The highest BCUT2D eigenvalue weighted by atomic mass is 35.5. The molecular weight excluding hydrogens is 291 g/mol. The summed E-state index contributed by atoms with van der Waals surface area (Å²) in [6.07, 6.45) is 14.4. The van der Waals surface area contributed by atoms with Crippen LogP contribution in [0.2, 0.25) is 10.3 Å². The fourth-order valence-corrected chi connectivity index (χ4v) is 3.45. The van der Waals surface area contributed by atoms with Gasteiger partial charge >= 0.3 is 0 Å². The Hall–Kier alpha value is -0.340. The van der Waals surface area contributed by atoms with Crippen molar-refractivity contribution in [2.75, 3.05) is 0 Å². The second kappa shape index (κ2) is 8.84. The average Bonchev–Trinajstić information content (AvgIpc) is 2.38. The van der Waals surface area contributed by atoms with E-state index in [-0.39, 0.29) is 0 Å². The number of rotatable bonds is 1. The fraction of sp³-hybridized carbons (Fsp3) is 0.750. The molecule has 0 spiro atoms. The van der Waals surface area contributed by atoms with Gasteiger partial charge in [-0.1, -0.05) is 81.0 Å². The van der Waals surface area contributed by atoms with E-state index in [0.29, 0.717) is 16.2 Å². The number of aromatic nitrogens is 2.